The van der Waals surface area contributed by atoms with E-state index in [0.717, 1.165) is 105 Å². The van der Waals surface area contributed by atoms with Gasteiger partial charge >= 0.3 is 0 Å². The van der Waals surface area contributed by atoms with E-state index in [1.54, 1.807) is 0 Å². The summed E-state index contributed by atoms with van der Waals surface area (Å²) in [6.45, 7) is 0. The summed E-state index contributed by atoms with van der Waals surface area (Å²) in [4.78, 5) is 2.39. The third-order valence-electron chi connectivity index (χ3n) is 13.8. The molecular weight excluding hydrogens is 829 g/mol. The van der Waals surface area contributed by atoms with Gasteiger partial charge in [-0.2, -0.15) is 0 Å². The van der Waals surface area contributed by atoms with Crippen LogP contribution >= 0.6 is 0 Å². The van der Waals surface area contributed by atoms with Crippen LogP contribution in [0.2, 0.25) is 0 Å². The van der Waals surface area contributed by atoms with Crippen LogP contribution in [0.5, 0.6) is 0 Å². The van der Waals surface area contributed by atoms with Crippen molar-refractivity contribution in [3.8, 4) is 39.1 Å². The van der Waals surface area contributed by atoms with Crippen LogP contribution in [0.4, 0.5) is 17.1 Å². The van der Waals surface area contributed by atoms with E-state index in [2.05, 4.69) is 240 Å². The molecule has 0 atom stereocenters. The molecule has 0 amide bonds. The molecule has 0 aliphatic carbocycles. The molecule has 0 saturated heterocycles. The molecule has 14 rings (SSSR count). The first-order valence-electron chi connectivity index (χ1n) is 23.2. The SMILES string of the molecule is c1ccc(-n2c3ccccc3c3ccccc32)c(-c2c(N(c3ccc(-c4cccc5ccccc45)cc3)c3ccc(-c4cccc5c4oc4ccccc45)cc3)ccc3c2oc2ccccc23)c1. The summed E-state index contributed by atoms with van der Waals surface area (Å²) in [6, 6.07) is 86.9. The van der Waals surface area contributed by atoms with Gasteiger partial charge in [-0.1, -0.05) is 176 Å². The van der Waals surface area contributed by atoms with Gasteiger partial charge < -0.3 is 18.3 Å². The molecule has 4 heteroatoms. The zero-order chi connectivity index (χ0) is 44.7. The monoisotopic (exact) mass is 868 g/mol. The van der Waals surface area contributed by atoms with Crippen molar-refractivity contribution >= 4 is 93.5 Å². The fourth-order valence-corrected chi connectivity index (χ4v) is 10.7. The Morgan fingerprint density at radius 3 is 1.47 bits per heavy atom. The van der Waals surface area contributed by atoms with Gasteiger partial charge in [-0.15, -0.1) is 0 Å². The van der Waals surface area contributed by atoms with E-state index in [4.69, 9.17) is 8.83 Å². The number of anilines is 3. The third kappa shape index (κ3) is 5.87. The first-order chi connectivity index (χ1) is 33.7. The Morgan fingerprint density at radius 1 is 0.309 bits per heavy atom. The van der Waals surface area contributed by atoms with Crippen molar-refractivity contribution in [2.24, 2.45) is 0 Å². The number of nitrogens with zero attached hydrogens (tertiary/aromatic N) is 2. The second-order valence-electron chi connectivity index (χ2n) is 17.6. The molecule has 0 N–H and O–H groups in total. The van der Waals surface area contributed by atoms with Gasteiger partial charge in [0.25, 0.3) is 0 Å². The van der Waals surface area contributed by atoms with Crippen LogP contribution < -0.4 is 4.90 Å². The summed E-state index contributed by atoms with van der Waals surface area (Å²) in [5, 5.41) is 9.26. The topological polar surface area (TPSA) is 34.5 Å². The molecule has 14 aromatic rings. The quantitative estimate of drug-likeness (QED) is 0.160. The number of para-hydroxylation sites is 6. The van der Waals surface area contributed by atoms with Crippen LogP contribution in [0.15, 0.2) is 251 Å². The molecule has 0 aliphatic rings. The van der Waals surface area contributed by atoms with Crippen molar-refractivity contribution in [2.45, 2.75) is 0 Å². The fraction of sp³-hybridized carbons (Fsp3) is 0. The van der Waals surface area contributed by atoms with Crippen molar-refractivity contribution in [2.75, 3.05) is 4.90 Å². The molecule has 68 heavy (non-hydrogen) atoms. The molecule has 0 aliphatic heterocycles. The molecule has 0 unspecified atom stereocenters. The average molecular weight is 869 g/mol. The minimum atomic E-state index is 0.836. The van der Waals surface area contributed by atoms with Crippen LogP contribution in [0, 0.1) is 0 Å². The minimum absolute atomic E-state index is 0.836. The van der Waals surface area contributed by atoms with Gasteiger partial charge in [-0.05, 0) is 94.2 Å². The van der Waals surface area contributed by atoms with E-state index in [1.165, 1.54) is 27.1 Å². The Hall–Kier alpha value is -9.12. The van der Waals surface area contributed by atoms with Gasteiger partial charge in [0, 0.05) is 54.8 Å². The summed E-state index contributed by atoms with van der Waals surface area (Å²) in [5.74, 6) is 0. The Labute approximate surface area is 391 Å². The molecule has 0 radical (unpaired) electrons. The zero-order valence-electron chi connectivity index (χ0n) is 36.8. The van der Waals surface area contributed by atoms with Crippen molar-refractivity contribution in [1.82, 2.24) is 4.57 Å². The Bertz CT molecular complexity index is 4210. The molecule has 0 spiro atoms. The second-order valence-corrected chi connectivity index (χ2v) is 17.6. The lowest BCUT2D eigenvalue weighted by Gasteiger charge is -2.29. The first kappa shape index (κ1) is 38.2. The number of fused-ring (bicyclic) bond motifs is 10. The molecule has 0 fully saturated rings. The van der Waals surface area contributed by atoms with E-state index in [1.807, 2.05) is 12.1 Å². The van der Waals surface area contributed by atoms with Gasteiger partial charge in [-0.3, -0.25) is 0 Å². The maximum Gasteiger partial charge on any atom is 0.145 e. The van der Waals surface area contributed by atoms with Crippen LogP contribution in [0.25, 0.3) is 116 Å². The second kappa shape index (κ2) is 15.2. The highest BCUT2D eigenvalue weighted by Crippen LogP contribution is 2.49. The summed E-state index contributed by atoms with van der Waals surface area (Å²) in [7, 11) is 0. The summed E-state index contributed by atoms with van der Waals surface area (Å²) in [6.07, 6.45) is 0. The highest BCUT2D eigenvalue weighted by Gasteiger charge is 2.26. The fourth-order valence-electron chi connectivity index (χ4n) is 10.7. The number of benzene rings is 11. The molecule has 11 aromatic carbocycles. The lowest BCUT2D eigenvalue weighted by molar-refractivity contribution is 0.669. The van der Waals surface area contributed by atoms with E-state index in [9.17, 15) is 0 Å². The van der Waals surface area contributed by atoms with Gasteiger partial charge in [0.2, 0.25) is 0 Å². The third-order valence-corrected chi connectivity index (χ3v) is 13.8. The molecule has 3 aromatic heterocycles. The first-order valence-corrected chi connectivity index (χ1v) is 23.2. The number of rotatable bonds is 7. The predicted octanol–water partition coefficient (Wildman–Crippen LogP) is 18.2. The van der Waals surface area contributed by atoms with Crippen LogP contribution in [-0.2, 0) is 0 Å². The van der Waals surface area contributed by atoms with Gasteiger partial charge in [0.1, 0.15) is 22.3 Å². The van der Waals surface area contributed by atoms with Crippen molar-refractivity contribution < 1.29 is 8.83 Å². The molecular formula is C64H40N2O2. The summed E-state index contributed by atoms with van der Waals surface area (Å²) < 4.78 is 16.0. The van der Waals surface area contributed by atoms with Gasteiger partial charge in [-0.25, -0.2) is 0 Å². The van der Waals surface area contributed by atoms with Gasteiger partial charge in [0.05, 0.1) is 28.0 Å². The number of aromatic nitrogens is 1. The molecule has 3 heterocycles. The maximum atomic E-state index is 7.06. The van der Waals surface area contributed by atoms with Crippen molar-refractivity contribution in [3.63, 3.8) is 0 Å². The van der Waals surface area contributed by atoms with Crippen LogP contribution in [0.1, 0.15) is 0 Å². The zero-order valence-corrected chi connectivity index (χ0v) is 36.8. The average Bonchev–Trinajstić information content (AvgIpc) is 4.09. The number of hydrogen-bond donors (Lipinski definition) is 0. The maximum absolute atomic E-state index is 7.06. The van der Waals surface area contributed by atoms with E-state index < -0.39 is 0 Å². The Kier molecular flexibility index (Phi) is 8.55. The number of hydrogen-bond acceptors (Lipinski definition) is 3. The largest absolute Gasteiger partial charge is 0.455 e. The molecule has 4 nitrogen and oxygen atoms in total. The van der Waals surface area contributed by atoms with E-state index in [0.29, 0.717) is 0 Å². The van der Waals surface area contributed by atoms with Gasteiger partial charge in [0.15, 0.2) is 0 Å². The molecule has 0 saturated carbocycles. The lowest BCUT2D eigenvalue weighted by Crippen LogP contribution is -2.12. The highest BCUT2D eigenvalue weighted by molar-refractivity contribution is 6.16. The number of furan rings is 2. The smallest absolute Gasteiger partial charge is 0.145 e. The van der Waals surface area contributed by atoms with Crippen LogP contribution in [-0.4, -0.2) is 4.57 Å². The van der Waals surface area contributed by atoms with Crippen molar-refractivity contribution in [3.05, 3.63) is 243 Å². The Morgan fingerprint density at radius 2 is 0.779 bits per heavy atom. The molecule has 318 valence electrons. The minimum Gasteiger partial charge on any atom is -0.455 e. The predicted molar refractivity (Wildman–Crippen MR) is 284 cm³/mol. The molecule has 0 bridgehead atoms. The summed E-state index contributed by atoms with van der Waals surface area (Å²) in [5.41, 5.74) is 16.4. The van der Waals surface area contributed by atoms with Crippen LogP contribution in [0.3, 0.4) is 0 Å². The normalized spacial score (nSPS) is 11.8. The summed E-state index contributed by atoms with van der Waals surface area (Å²) >= 11 is 0. The standard InChI is InChI=1S/C64H40N2O2/c1-2-17-46-41(15-1)16-13-23-47(46)42-31-35-44(36-32-42)65(45-37-33-43(34-38-45)48-24-14-25-53-51-20-6-11-29-60(51)67-63(48)53)59-40-39-54-52-21-7-12-30-61(52)68-64(54)62(59)55-22-5-10-28-58(55)66-56-26-8-3-18-49(56)50-19-4-9-27-57(50)66/h1-40H. The van der Waals surface area contributed by atoms with E-state index in [-0.39, 0.29) is 0 Å². The van der Waals surface area contributed by atoms with E-state index >= 15 is 0 Å². The van der Waals surface area contributed by atoms with Crippen molar-refractivity contribution in [1.29, 1.82) is 0 Å². The highest BCUT2D eigenvalue weighted by atomic mass is 16.3. The Balaban J connectivity index is 1.02. The lowest BCUT2D eigenvalue weighted by atomic mass is 9.96.